The first kappa shape index (κ1) is 22.9. The molecule has 1 aromatic heterocycles. The number of carbonyl (C=O) groups is 1. The molecule has 4 aromatic rings. The number of fused-ring (bicyclic) bond motifs is 1. The SMILES string of the molecule is C/C(=N\NC(=O)CSc1nc2ccccc2c(=O)n1-c1ccc(C)cc1)c1ccc(Br)cc1. The van der Waals surface area contributed by atoms with Crippen molar-refractivity contribution in [1.29, 1.82) is 0 Å². The van der Waals surface area contributed by atoms with Crippen LogP contribution < -0.4 is 11.0 Å². The lowest BCUT2D eigenvalue weighted by molar-refractivity contribution is -0.118. The summed E-state index contributed by atoms with van der Waals surface area (Å²) in [5, 5.41) is 5.17. The highest BCUT2D eigenvalue weighted by atomic mass is 79.9. The molecule has 0 aliphatic carbocycles. The third-order valence-corrected chi connectivity index (χ3v) is 6.45. The summed E-state index contributed by atoms with van der Waals surface area (Å²) in [5.74, 6) is -0.220. The minimum atomic E-state index is -0.283. The van der Waals surface area contributed by atoms with Crippen LogP contribution in [0.15, 0.2) is 92.3 Å². The van der Waals surface area contributed by atoms with Gasteiger partial charge in [-0.2, -0.15) is 5.10 Å². The molecule has 166 valence electrons. The molecule has 1 heterocycles. The van der Waals surface area contributed by atoms with Crippen molar-refractivity contribution in [3.05, 3.63) is 98.7 Å². The van der Waals surface area contributed by atoms with Gasteiger partial charge >= 0.3 is 0 Å². The lowest BCUT2D eigenvalue weighted by Crippen LogP contribution is -2.24. The molecule has 4 rings (SSSR count). The maximum Gasteiger partial charge on any atom is 0.266 e. The van der Waals surface area contributed by atoms with Gasteiger partial charge in [0.05, 0.1) is 28.1 Å². The fraction of sp³-hybridized carbons (Fsp3) is 0.120. The molecule has 0 aliphatic heterocycles. The Morgan fingerprint density at radius 1 is 1.06 bits per heavy atom. The van der Waals surface area contributed by atoms with E-state index in [1.54, 1.807) is 16.7 Å². The van der Waals surface area contributed by atoms with E-state index in [9.17, 15) is 9.59 Å². The van der Waals surface area contributed by atoms with E-state index in [-0.39, 0.29) is 17.2 Å². The summed E-state index contributed by atoms with van der Waals surface area (Å²) in [6, 6.07) is 22.5. The zero-order valence-corrected chi connectivity index (χ0v) is 20.5. The Kier molecular flexibility index (Phi) is 7.05. The molecule has 0 bridgehead atoms. The Bertz CT molecular complexity index is 1400. The fourth-order valence-corrected chi connectivity index (χ4v) is 4.26. The number of halogens is 1. The van der Waals surface area contributed by atoms with Gasteiger partial charge < -0.3 is 0 Å². The zero-order valence-electron chi connectivity index (χ0n) is 18.1. The lowest BCUT2D eigenvalue weighted by atomic mass is 10.1. The Hall–Kier alpha value is -3.23. The van der Waals surface area contributed by atoms with Gasteiger partial charge in [0.25, 0.3) is 11.5 Å². The van der Waals surface area contributed by atoms with Gasteiger partial charge in [-0.1, -0.05) is 69.7 Å². The predicted octanol–water partition coefficient (Wildman–Crippen LogP) is 5.09. The number of hydrogen-bond acceptors (Lipinski definition) is 5. The van der Waals surface area contributed by atoms with Crippen molar-refractivity contribution < 1.29 is 4.79 Å². The number of rotatable bonds is 6. The summed E-state index contributed by atoms with van der Waals surface area (Å²) in [6.07, 6.45) is 0. The second-order valence-electron chi connectivity index (χ2n) is 7.42. The summed E-state index contributed by atoms with van der Waals surface area (Å²) in [6.45, 7) is 3.82. The molecular formula is C25H21BrN4O2S. The highest BCUT2D eigenvalue weighted by Crippen LogP contribution is 2.21. The molecule has 0 radical (unpaired) electrons. The van der Waals surface area contributed by atoms with E-state index in [1.807, 2.05) is 74.5 Å². The van der Waals surface area contributed by atoms with Crippen molar-refractivity contribution in [3.8, 4) is 5.69 Å². The van der Waals surface area contributed by atoms with Crippen LogP contribution in [0.25, 0.3) is 16.6 Å². The van der Waals surface area contributed by atoms with E-state index >= 15 is 0 Å². The van der Waals surface area contributed by atoms with Crippen LogP contribution in [0, 0.1) is 6.92 Å². The van der Waals surface area contributed by atoms with Crippen LogP contribution in [0.5, 0.6) is 0 Å². The number of aromatic nitrogens is 2. The quantitative estimate of drug-likeness (QED) is 0.166. The molecule has 0 spiro atoms. The summed E-state index contributed by atoms with van der Waals surface area (Å²) in [5.41, 5.74) is 6.41. The van der Waals surface area contributed by atoms with Gasteiger partial charge in [0.2, 0.25) is 0 Å². The van der Waals surface area contributed by atoms with Crippen LogP contribution in [0.2, 0.25) is 0 Å². The molecule has 0 atom stereocenters. The highest BCUT2D eigenvalue weighted by molar-refractivity contribution is 9.10. The molecular weight excluding hydrogens is 500 g/mol. The van der Waals surface area contributed by atoms with Gasteiger partial charge in [0, 0.05) is 4.47 Å². The Labute approximate surface area is 203 Å². The van der Waals surface area contributed by atoms with Gasteiger partial charge in [0.1, 0.15) is 0 Å². The summed E-state index contributed by atoms with van der Waals surface area (Å²) >= 11 is 4.60. The summed E-state index contributed by atoms with van der Waals surface area (Å²) in [7, 11) is 0. The Balaban J connectivity index is 1.57. The van der Waals surface area contributed by atoms with Crippen LogP contribution in [-0.2, 0) is 4.79 Å². The molecule has 0 saturated carbocycles. The first-order chi connectivity index (χ1) is 15.9. The van der Waals surface area contributed by atoms with Crippen LogP contribution >= 0.6 is 27.7 Å². The molecule has 1 N–H and O–H groups in total. The smallest absolute Gasteiger partial charge is 0.266 e. The van der Waals surface area contributed by atoms with E-state index in [4.69, 9.17) is 0 Å². The number of hydrogen-bond donors (Lipinski definition) is 1. The van der Waals surface area contributed by atoms with Crippen LogP contribution in [0.4, 0.5) is 0 Å². The highest BCUT2D eigenvalue weighted by Gasteiger charge is 2.14. The van der Waals surface area contributed by atoms with E-state index < -0.39 is 0 Å². The lowest BCUT2D eigenvalue weighted by Gasteiger charge is -2.13. The maximum absolute atomic E-state index is 13.3. The number of para-hydroxylation sites is 1. The van der Waals surface area contributed by atoms with Gasteiger partial charge in [-0.25, -0.2) is 10.4 Å². The average molecular weight is 521 g/mol. The number of carbonyl (C=O) groups excluding carboxylic acids is 1. The van der Waals surface area contributed by atoms with Crippen molar-refractivity contribution in [2.75, 3.05) is 5.75 Å². The third-order valence-electron chi connectivity index (χ3n) is 4.98. The summed E-state index contributed by atoms with van der Waals surface area (Å²) < 4.78 is 2.53. The number of nitrogens with zero attached hydrogens (tertiary/aromatic N) is 3. The molecule has 33 heavy (non-hydrogen) atoms. The minimum Gasteiger partial charge on any atom is -0.272 e. The van der Waals surface area contributed by atoms with Crippen molar-refractivity contribution in [2.45, 2.75) is 19.0 Å². The number of amides is 1. The van der Waals surface area contributed by atoms with Gasteiger partial charge in [0.15, 0.2) is 5.16 Å². The van der Waals surface area contributed by atoms with Crippen molar-refractivity contribution >= 4 is 50.2 Å². The minimum absolute atomic E-state index is 0.0633. The molecule has 6 nitrogen and oxygen atoms in total. The molecule has 0 fully saturated rings. The van der Waals surface area contributed by atoms with Crippen molar-refractivity contribution in [2.24, 2.45) is 5.10 Å². The average Bonchev–Trinajstić information content (AvgIpc) is 2.82. The van der Waals surface area contributed by atoms with Crippen molar-refractivity contribution in [1.82, 2.24) is 15.0 Å². The van der Waals surface area contributed by atoms with E-state index in [0.29, 0.717) is 27.5 Å². The number of nitrogens with one attached hydrogen (secondary N) is 1. The maximum atomic E-state index is 13.3. The second kappa shape index (κ2) is 10.1. The number of benzene rings is 3. The topological polar surface area (TPSA) is 76.3 Å². The van der Waals surface area contributed by atoms with E-state index in [0.717, 1.165) is 15.6 Å². The summed E-state index contributed by atoms with van der Waals surface area (Å²) in [4.78, 5) is 30.4. The molecule has 3 aromatic carbocycles. The molecule has 1 amide bonds. The number of aryl methyl sites for hydroxylation is 1. The van der Waals surface area contributed by atoms with Gasteiger partial charge in [-0.05, 0) is 55.8 Å². The third kappa shape index (κ3) is 5.40. The molecule has 0 unspecified atom stereocenters. The second-order valence-corrected chi connectivity index (χ2v) is 9.27. The standard InChI is InChI=1S/C25H21BrN4O2S/c1-16-7-13-20(14-8-16)30-24(32)21-5-3-4-6-22(21)27-25(30)33-15-23(31)29-28-17(2)18-9-11-19(26)12-10-18/h3-14H,15H2,1-2H3,(H,29,31)/b28-17+. The molecule has 0 aliphatic rings. The number of thioether (sulfide) groups is 1. The van der Waals surface area contributed by atoms with E-state index in [2.05, 4.69) is 31.4 Å². The number of hydrazone groups is 1. The molecule has 8 heteroatoms. The molecule has 0 saturated heterocycles. The first-order valence-electron chi connectivity index (χ1n) is 10.2. The first-order valence-corrected chi connectivity index (χ1v) is 12.0. The van der Waals surface area contributed by atoms with E-state index in [1.165, 1.54) is 11.8 Å². The van der Waals surface area contributed by atoms with Crippen LogP contribution in [0.1, 0.15) is 18.1 Å². The monoisotopic (exact) mass is 520 g/mol. The van der Waals surface area contributed by atoms with Crippen LogP contribution in [-0.4, -0.2) is 26.9 Å². The normalized spacial score (nSPS) is 11.5. The van der Waals surface area contributed by atoms with Crippen molar-refractivity contribution in [3.63, 3.8) is 0 Å². The van der Waals surface area contributed by atoms with Gasteiger partial charge in [-0.3, -0.25) is 14.2 Å². The Morgan fingerprint density at radius 2 is 1.76 bits per heavy atom. The fourth-order valence-electron chi connectivity index (χ4n) is 3.19. The van der Waals surface area contributed by atoms with Gasteiger partial charge in [-0.15, -0.1) is 0 Å². The largest absolute Gasteiger partial charge is 0.272 e. The zero-order chi connectivity index (χ0) is 23.4. The van der Waals surface area contributed by atoms with Crippen LogP contribution in [0.3, 0.4) is 0 Å². The predicted molar refractivity (Wildman–Crippen MR) is 137 cm³/mol. The Morgan fingerprint density at radius 3 is 2.48 bits per heavy atom.